The van der Waals surface area contributed by atoms with Gasteiger partial charge in [0.25, 0.3) is 0 Å². The van der Waals surface area contributed by atoms with Crippen molar-refractivity contribution >= 4 is 17.3 Å². The molecule has 3 nitrogen and oxygen atoms in total. The van der Waals surface area contributed by atoms with Crippen LogP contribution in [0.25, 0.3) is 0 Å². The highest BCUT2D eigenvalue weighted by molar-refractivity contribution is 6.30. The third-order valence-corrected chi connectivity index (χ3v) is 2.84. The van der Waals surface area contributed by atoms with E-state index < -0.39 is 17.6 Å². The Hall–Kier alpha value is -2.25. The fourth-order valence-corrected chi connectivity index (χ4v) is 1.73. The number of phenolic OH excluding ortho intramolecular Hbond substituents is 1. The fourth-order valence-electron chi connectivity index (χ4n) is 1.61. The standard InChI is InChI=1S/C14H10ClFN2O/c15-10-2-4-11(5-3-10)18-13(8-17)9-1-6-14(19)12(16)7-9/h1-7,13,18-19H. The van der Waals surface area contributed by atoms with E-state index in [1.54, 1.807) is 24.3 Å². The third kappa shape index (κ3) is 3.15. The third-order valence-electron chi connectivity index (χ3n) is 2.59. The van der Waals surface area contributed by atoms with Gasteiger partial charge in [0.05, 0.1) is 6.07 Å². The Morgan fingerprint density at radius 1 is 1.21 bits per heavy atom. The van der Waals surface area contributed by atoms with E-state index in [1.807, 2.05) is 6.07 Å². The van der Waals surface area contributed by atoms with Crippen LogP contribution in [0, 0.1) is 17.1 Å². The van der Waals surface area contributed by atoms with E-state index in [9.17, 15) is 4.39 Å². The van der Waals surface area contributed by atoms with Crippen molar-refractivity contribution in [2.75, 3.05) is 5.32 Å². The minimum absolute atomic E-state index is 0.438. The average Bonchev–Trinajstić information content (AvgIpc) is 2.41. The van der Waals surface area contributed by atoms with Gasteiger partial charge in [-0.05, 0) is 42.0 Å². The molecule has 0 fully saturated rings. The molecule has 0 amide bonds. The second-order valence-electron chi connectivity index (χ2n) is 3.92. The van der Waals surface area contributed by atoms with Crippen molar-refractivity contribution in [3.63, 3.8) is 0 Å². The van der Waals surface area contributed by atoms with Crippen LogP contribution in [-0.2, 0) is 0 Å². The van der Waals surface area contributed by atoms with E-state index >= 15 is 0 Å². The molecule has 0 saturated carbocycles. The summed E-state index contributed by atoms with van der Waals surface area (Å²) in [5.74, 6) is -1.19. The van der Waals surface area contributed by atoms with E-state index in [0.29, 0.717) is 16.3 Å². The molecule has 2 aromatic carbocycles. The summed E-state index contributed by atoms with van der Waals surface area (Å²) in [5.41, 5.74) is 1.14. The summed E-state index contributed by atoms with van der Waals surface area (Å²) >= 11 is 5.77. The van der Waals surface area contributed by atoms with Gasteiger partial charge in [-0.1, -0.05) is 17.7 Å². The molecule has 0 radical (unpaired) electrons. The van der Waals surface area contributed by atoms with Gasteiger partial charge in [0.15, 0.2) is 11.6 Å². The summed E-state index contributed by atoms with van der Waals surface area (Å²) < 4.78 is 13.3. The average molecular weight is 277 g/mol. The van der Waals surface area contributed by atoms with E-state index in [4.69, 9.17) is 22.0 Å². The van der Waals surface area contributed by atoms with Crippen molar-refractivity contribution in [2.45, 2.75) is 6.04 Å². The van der Waals surface area contributed by atoms with Crippen molar-refractivity contribution in [3.05, 3.63) is 58.9 Å². The lowest BCUT2D eigenvalue weighted by Gasteiger charge is -2.13. The Labute approximate surface area is 114 Å². The molecule has 19 heavy (non-hydrogen) atoms. The SMILES string of the molecule is N#CC(Nc1ccc(Cl)cc1)c1ccc(O)c(F)c1. The maximum Gasteiger partial charge on any atom is 0.165 e. The predicted molar refractivity (Wildman–Crippen MR) is 71.5 cm³/mol. The number of hydrogen-bond donors (Lipinski definition) is 2. The first-order valence-electron chi connectivity index (χ1n) is 5.50. The zero-order chi connectivity index (χ0) is 13.8. The minimum atomic E-state index is -0.754. The highest BCUT2D eigenvalue weighted by Crippen LogP contribution is 2.24. The van der Waals surface area contributed by atoms with Crippen LogP contribution in [0.3, 0.4) is 0 Å². The van der Waals surface area contributed by atoms with Gasteiger partial charge < -0.3 is 10.4 Å². The molecule has 0 bridgehead atoms. The lowest BCUT2D eigenvalue weighted by Crippen LogP contribution is -2.08. The molecule has 0 aliphatic carbocycles. The summed E-state index contributed by atoms with van der Waals surface area (Å²) in [6, 6.07) is 12.0. The number of aromatic hydroxyl groups is 1. The van der Waals surface area contributed by atoms with E-state index in [0.717, 1.165) is 6.07 Å². The summed E-state index contributed by atoms with van der Waals surface area (Å²) in [4.78, 5) is 0. The van der Waals surface area contributed by atoms with Crippen molar-refractivity contribution < 1.29 is 9.50 Å². The molecule has 2 N–H and O–H groups in total. The van der Waals surface area contributed by atoms with Crippen molar-refractivity contribution in [1.82, 2.24) is 0 Å². The largest absolute Gasteiger partial charge is 0.505 e. The van der Waals surface area contributed by atoms with Crippen molar-refractivity contribution in [2.24, 2.45) is 0 Å². The molecular formula is C14H10ClFN2O. The number of nitrogens with one attached hydrogen (secondary N) is 1. The number of benzene rings is 2. The van der Waals surface area contributed by atoms with Gasteiger partial charge in [0, 0.05) is 10.7 Å². The number of anilines is 1. The maximum atomic E-state index is 13.3. The van der Waals surface area contributed by atoms with Gasteiger partial charge >= 0.3 is 0 Å². The van der Waals surface area contributed by atoms with Gasteiger partial charge in [0.2, 0.25) is 0 Å². The first-order chi connectivity index (χ1) is 9.10. The van der Waals surface area contributed by atoms with Crippen LogP contribution in [0.1, 0.15) is 11.6 Å². The number of hydrogen-bond acceptors (Lipinski definition) is 3. The summed E-state index contributed by atoms with van der Waals surface area (Å²) in [6.07, 6.45) is 0. The van der Waals surface area contributed by atoms with Gasteiger partial charge in [0.1, 0.15) is 6.04 Å². The van der Waals surface area contributed by atoms with Crippen LogP contribution in [0.5, 0.6) is 5.75 Å². The molecular weight excluding hydrogens is 267 g/mol. The van der Waals surface area contributed by atoms with E-state index in [-0.39, 0.29) is 0 Å². The topological polar surface area (TPSA) is 56.0 Å². The molecule has 1 unspecified atom stereocenters. The number of halogens is 2. The van der Waals surface area contributed by atoms with Crippen LogP contribution in [0.2, 0.25) is 5.02 Å². The molecule has 0 aliphatic heterocycles. The monoisotopic (exact) mass is 276 g/mol. The lowest BCUT2D eigenvalue weighted by molar-refractivity contribution is 0.431. The first kappa shape index (κ1) is 13.2. The van der Waals surface area contributed by atoms with Gasteiger partial charge in [-0.15, -0.1) is 0 Å². The summed E-state index contributed by atoms with van der Waals surface area (Å²) in [6.45, 7) is 0. The van der Waals surface area contributed by atoms with Crippen LogP contribution in [-0.4, -0.2) is 5.11 Å². The van der Waals surface area contributed by atoms with Crippen LogP contribution < -0.4 is 5.32 Å². The molecule has 1 atom stereocenters. The van der Waals surface area contributed by atoms with Crippen molar-refractivity contribution in [3.8, 4) is 11.8 Å². The van der Waals surface area contributed by atoms with Gasteiger partial charge in [-0.25, -0.2) is 4.39 Å². The normalized spacial score (nSPS) is 11.6. The Morgan fingerprint density at radius 2 is 1.89 bits per heavy atom. The molecule has 5 heteroatoms. The molecule has 96 valence electrons. The second-order valence-corrected chi connectivity index (χ2v) is 4.36. The zero-order valence-electron chi connectivity index (χ0n) is 9.77. The Kier molecular flexibility index (Phi) is 3.88. The predicted octanol–water partition coefficient (Wildman–Crippen LogP) is 3.86. The zero-order valence-corrected chi connectivity index (χ0v) is 10.5. The maximum absolute atomic E-state index is 13.3. The molecule has 2 rings (SSSR count). The summed E-state index contributed by atoms with van der Waals surface area (Å²) in [7, 11) is 0. The minimum Gasteiger partial charge on any atom is -0.505 e. The summed E-state index contributed by atoms with van der Waals surface area (Å²) in [5, 5.41) is 21.8. The Morgan fingerprint density at radius 3 is 2.47 bits per heavy atom. The molecule has 0 spiro atoms. The molecule has 2 aromatic rings. The Balaban J connectivity index is 2.23. The number of phenols is 1. The number of nitriles is 1. The highest BCUT2D eigenvalue weighted by Gasteiger charge is 2.12. The van der Waals surface area contributed by atoms with Gasteiger partial charge in [-0.2, -0.15) is 5.26 Å². The van der Waals surface area contributed by atoms with Crippen LogP contribution in [0.4, 0.5) is 10.1 Å². The molecule has 0 saturated heterocycles. The van der Waals surface area contributed by atoms with Crippen molar-refractivity contribution in [1.29, 1.82) is 5.26 Å². The molecule has 0 aromatic heterocycles. The van der Waals surface area contributed by atoms with Crippen LogP contribution >= 0.6 is 11.6 Å². The first-order valence-corrected chi connectivity index (χ1v) is 5.88. The second kappa shape index (κ2) is 5.59. The van der Waals surface area contributed by atoms with E-state index in [1.165, 1.54) is 12.1 Å². The number of rotatable bonds is 3. The van der Waals surface area contributed by atoms with Gasteiger partial charge in [-0.3, -0.25) is 0 Å². The quantitative estimate of drug-likeness (QED) is 0.895. The molecule has 0 heterocycles. The highest BCUT2D eigenvalue weighted by atomic mass is 35.5. The Bertz CT molecular complexity index is 622. The van der Waals surface area contributed by atoms with E-state index in [2.05, 4.69) is 5.32 Å². The smallest absolute Gasteiger partial charge is 0.165 e. The van der Waals surface area contributed by atoms with Crippen LogP contribution in [0.15, 0.2) is 42.5 Å². The number of nitrogens with zero attached hydrogens (tertiary/aromatic N) is 1. The lowest BCUT2D eigenvalue weighted by atomic mass is 10.1. The fraction of sp³-hybridized carbons (Fsp3) is 0.0714. The molecule has 0 aliphatic rings.